The molecule has 0 saturated carbocycles. The molecule has 2 aromatic heterocycles. The second-order valence-corrected chi connectivity index (χ2v) is 8.25. The van der Waals surface area contributed by atoms with Crippen molar-refractivity contribution in [2.24, 2.45) is 12.0 Å². The minimum Gasteiger partial charge on any atom is -0.508 e. The third-order valence-electron chi connectivity index (χ3n) is 5.06. The van der Waals surface area contributed by atoms with E-state index >= 15 is 0 Å². The number of fused-ring (bicyclic) bond motifs is 1. The molecule has 0 amide bonds. The largest absolute Gasteiger partial charge is 0.508 e. The SMILES string of the molecule is CCOC(=O)C1=C(C)N=c2s/c(=C/c3cn(C)nc3C)c(=O)n2C1c1ccc(O)cc1. The number of phenols is 1. The predicted molar refractivity (Wildman–Crippen MR) is 116 cm³/mol. The van der Waals surface area contributed by atoms with Crippen LogP contribution in [-0.2, 0) is 16.6 Å². The number of benzene rings is 1. The summed E-state index contributed by atoms with van der Waals surface area (Å²) in [5.41, 5.74) is 2.90. The van der Waals surface area contributed by atoms with E-state index in [4.69, 9.17) is 4.74 Å². The Morgan fingerprint density at radius 3 is 2.61 bits per heavy atom. The van der Waals surface area contributed by atoms with Crippen LogP contribution in [0.3, 0.4) is 0 Å². The summed E-state index contributed by atoms with van der Waals surface area (Å²) in [7, 11) is 1.83. The molecule has 0 saturated heterocycles. The first-order chi connectivity index (χ1) is 14.8. The topological polar surface area (TPSA) is 98.7 Å². The lowest BCUT2D eigenvalue weighted by Gasteiger charge is -2.24. The normalized spacial score (nSPS) is 16.3. The molecule has 0 aliphatic carbocycles. The van der Waals surface area contributed by atoms with E-state index in [1.54, 1.807) is 36.7 Å². The lowest BCUT2D eigenvalue weighted by molar-refractivity contribution is -0.139. The van der Waals surface area contributed by atoms with Gasteiger partial charge in [-0.25, -0.2) is 9.79 Å². The maximum Gasteiger partial charge on any atom is 0.338 e. The van der Waals surface area contributed by atoms with Crippen LogP contribution in [0.4, 0.5) is 0 Å². The molecule has 1 unspecified atom stereocenters. The number of esters is 1. The van der Waals surface area contributed by atoms with E-state index in [0.717, 1.165) is 11.3 Å². The second kappa shape index (κ2) is 7.99. The summed E-state index contributed by atoms with van der Waals surface area (Å²) >= 11 is 1.26. The molecule has 1 aliphatic heterocycles. The number of rotatable bonds is 4. The van der Waals surface area contributed by atoms with Crippen molar-refractivity contribution in [3.05, 3.63) is 78.2 Å². The number of aromatic nitrogens is 3. The highest BCUT2D eigenvalue weighted by Gasteiger charge is 2.33. The Hall–Kier alpha value is -3.46. The van der Waals surface area contributed by atoms with E-state index in [0.29, 0.717) is 26.2 Å². The molecule has 0 fully saturated rings. The molecule has 3 heterocycles. The Bertz CT molecular complexity index is 1380. The Kier molecular flexibility index (Phi) is 5.36. The zero-order chi connectivity index (χ0) is 22.3. The minimum absolute atomic E-state index is 0.0987. The van der Waals surface area contributed by atoms with Crippen LogP contribution in [0.5, 0.6) is 5.75 Å². The van der Waals surface area contributed by atoms with Crippen molar-refractivity contribution in [1.29, 1.82) is 0 Å². The van der Waals surface area contributed by atoms with Crippen LogP contribution < -0.4 is 14.9 Å². The Labute approximate surface area is 182 Å². The molecule has 160 valence electrons. The number of allylic oxidation sites excluding steroid dienone is 1. The van der Waals surface area contributed by atoms with Crippen molar-refractivity contribution in [3.63, 3.8) is 0 Å². The molecular formula is C22H22N4O4S. The van der Waals surface area contributed by atoms with Gasteiger partial charge in [0.05, 0.1) is 34.1 Å². The van der Waals surface area contributed by atoms with Gasteiger partial charge in [-0.05, 0) is 44.5 Å². The van der Waals surface area contributed by atoms with Gasteiger partial charge in [0, 0.05) is 18.8 Å². The molecule has 4 rings (SSSR count). The van der Waals surface area contributed by atoms with Crippen LogP contribution in [0, 0.1) is 6.92 Å². The fraction of sp³-hybridized carbons (Fsp3) is 0.273. The third kappa shape index (κ3) is 3.72. The third-order valence-corrected chi connectivity index (χ3v) is 6.05. The fourth-order valence-electron chi connectivity index (χ4n) is 3.66. The van der Waals surface area contributed by atoms with Crippen LogP contribution in [0.2, 0.25) is 0 Å². The van der Waals surface area contributed by atoms with Crippen molar-refractivity contribution in [2.45, 2.75) is 26.8 Å². The summed E-state index contributed by atoms with van der Waals surface area (Å²) < 4.78 is 8.98. The standard InChI is InChI=1S/C22H22N4O4S/c1-5-30-21(29)18-13(3)23-22-26(19(18)14-6-8-16(27)9-7-14)20(28)17(31-22)10-15-11-25(4)24-12(15)2/h6-11,19,27H,5H2,1-4H3/b17-10+. The van der Waals surface area contributed by atoms with Crippen LogP contribution in [0.25, 0.3) is 6.08 Å². The summed E-state index contributed by atoms with van der Waals surface area (Å²) in [6, 6.07) is 5.75. The van der Waals surface area contributed by atoms with Crippen molar-refractivity contribution in [3.8, 4) is 5.75 Å². The summed E-state index contributed by atoms with van der Waals surface area (Å²) in [4.78, 5) is 31.3. The first-order valence-corrected chi connectivity index (χ1v) is 10.6. The molecular weight excluding hydrogens is 416 g/mol. The highest BCUT2D eigenvalue weighted by molar-refractivity contribution is 7.07. The number of aryl methyl sites for hydroxylation is 2. The van der Waals surface area contributed by atoms with Gasteiger partial charge in [-0.15, -0.1) is 0 Å². The van der Waals surface area contributed by atoms with Crippen molar-refractivity contribution in [2.75, 3.05) is 6.61 Å². The molecule has 0 bridgehead atoms. The highest BCUT2D eigenvalue weighted by Crippen LogP contribution is 2.31. The van der Waals surface area contributed by atoms with E-state index in [-0.39, 0.29) is 17.9 Å². The molecule has 31 heavy (non-hydrogen) atoms. The quantitative estimate of drug-likeness (QED) is 0.623. The number of carbonyl (C=O) groups is 1. The average Bonchev–Trinajstić information content (AvgIpc) is 3.19. The fourth-order valence-corrected chi connectivity index (χ4v) is 4.70. The molecule has 1 aromatic carbocycles. The van der Waals surface area contributed by atoms with Gasteiger partial charge in [0.2, 0.25) is 0 Å². The number of aromatic hydroxyl groups is 1. The first kappa shape index (κ1) is 20.8. The number of phenolic OH excluding ortho intramolecular Hbond substituents is 1. The summed E-state index contributed by atoms with van der Waals surface area (Å²) in [5.74, 6) is -0.416. The van der Waals surface area contributed by atoms with E-state index in [9.17, 15) is 14.7 Å². The van der Waals surface area contributed by atoms with E-state index in [2.05, 4.69) is 10.1 Å². The van der Waals surface area contributed by atoms with Crippen molar-refractivity contribution in [1.82, 2.24) is 14.3 Å². The Morgan fingerprint density at radius 1 is 1.29 bits per heavy atom. The van der Waals surface area contributed by atoms with Gasteiger partial charge in [0.1, 0.15) is 5.75 Å². The van der Waals surface area contributed by atoms with Crippen LogP contribution in [0.1, 0.15) is 36.7 Å². The number of carbonyl (C=O) groups excluding carboxylic acids is 1. The number of hydrogen-bond acceptors (Lipinski definition) is 7. The molecule has 0 spiro atoms. The smallest absolute Gasteiger partial charge is 0.338 e. The van der Waals surface area contributed by atoms with Gasteiger partial charge in [-0.2, -0.15) is 5.10 Å². The maximum atomic E-state index is 13.5. The van der Waals surface area contributed by atoms with Crippen LogP contribution >= 0.6 is 11.3 Å². The van der Waals surface area contributed by atoms with E-state index in [1.807, 2.05) is 20.2 Å². The molecule has 8 nitrogen and oxygen atoms in total. The first-order valence-electron chi connectivity index (χ1n) is 9.79. The second-order valence-electron chi connectivity index (χ2n) is 7.24. The van der Waals surface area contributed by atoms with E-state index in [1.165, 1.54) is 28.0 Å². The summed E-state index contributed by atoms with van der Waals surface area (Å²) in [6.45, 7) is 5.56. The van der Waals surface area contributed by atoms with Crippen molar-refractivity contribution < 1.29 is 14.6 Å². The summed E-state index contributed by atoms with van der Waals surface area (Å²) in [5, 5.41) is 14.0. The van der Waals surface area contributed by atoms with Crippen molar-refractivity contribution >= 4 is 23.4 Å². The zero-order valence-corrected chi connectivity index (χ0v) is 18.4. The molecule has 1 atom stereocenters. The number of ether oxygens (including phenoxy) is 1. The van der Waals surface area contributed by atoms with Gasteiger partial charge < -0.3 is 9.84 Å². The maximum absolute atomic E-state index is 13.5. The molecule has 9 heteroatoms. The number of nitrogens with zero attached hydrogens (tertiary/aromatic N) is 4. The number of thiazole rings is 1. The van der Waals surface area contributed by atoms with Crippen LogP contribution in [-0.4, -0.2) is 32.0 Å². The lowest BCUT2D eigenvalue weighted by Crippen LogP contribution is -2.39. The monoisotopic (exact) mass is 438 g/mol. The van der Waals surface area contributed by atoms with Gasteiger partial charge in [0.15, 0.2) is 4.80 Å². The zero-order valence-electron chi connectivity index (χ0n) is 17.6. The predicted octanol–water partition coefficient (Wildman–Crippen LogP) is 1.55. The van der Waals surface area contributed by atoms with E-state index < -0.39 is 12.0 Å². The lowest BCUT2D eigenvalue weighted by atomic mass is 9.96. The van der Waals surface area contributed by atoms with Gasteiger partial charge in [-0.1, -0.05) is 23.5 Å². The molecule has 1 N–H and O–H groups in total. The van der Waals surface area contributed by atoms with Gasteiger partial charge >= 0.3 is 5.97 Å². The number of hydrogen-bond donors (Lipinski definition) is 1. The molecule has 3 aromatic rings. The Balaban J connectivity index is 1.97. The average molecular weight is 439 g/mol. The summed E-state index contributed by atoms with van der Waals surface area (Å²) in [6.07, 6.45) is 3.64. The van der Waals surface area contributed by atoms with Crippen LogP contribution in [0.15, 0.2) is 51.5 Å². The van der Waals surface area contributed by atoms with Gasteiger partial charge in [0.25, 0.3) is 5.56 Å². The minimum atomic E-state index is -0.701. The molecule has 0 radical (unpaired) electrons. The Morgan fingerprint density at radius 2 is 2.00 bits per heavy atom. The molecule has 1 aliphatic rings. The highest BCUT2D eigenvalue weighted by atomic mass is 32.1. The van der Waals surface area contributed by atoms with Gasteiger partial charge in [-0.3, -0.25) is 14.0 Å².